The van der Waals surface area contributed by atoms with Crippen molar-refractivity contribution in [3.05, 3.63) is 67.3 Å². The second-order valence-electron chi connectivity index (χ2n) is 10.3. The third-order valence-corrected chi connectivity index (χ3v) is 9.71. The van der Waals surface area contributed by atoms with Gasteiger partial charge in [-0.25, -0.2) is 8.42 Å². The Morgan fingerprint density at radius 1 is 1.23 bits per heavy atom. The quantitative estimate of drug-likeness (QED) is 0.364. The molecule has 0 spiro atoms. The summed E-state index contributed by atoms with van der Waals surface area (Å²) >= 11 is 6.43. The van der Waals surface area contributed by atoms with Crippen LogP contribution in [-0.4, -0.2) is 56.6 Å². The fourth-order valence-corrected chi connectivity index (χ4v) is 7.12. The number of sulfonamides is 1. The molecule has 11 nitrogen and oxygen atoms in total. The topological polar surface area (TPSA) is 146 Å². The molecule has 2 saturated heterocycles. The highest BCUT2D eigenvalue weighted by molar-refractivity contribution is 7.89. The summed E-state index contributed by atoms with van der Waals surface area (Å²) < 4.78 is 38.9. The number of aryl methyl sites for hydroxylation is 1. The number of carboxylic acids is 1. The Morgan fingerprint density at radius 3 is 2.54 bits per heavy atom. The first kappa shape index (κ1) is 27.4. The summed E-state index contributed by atoms with van der Waals surface area (Å²) in [5, 5.41) is 12.8. The van der Waals surface area contributed by atoms with Crippen LogP contribution in [0.15, 0.2) is 49.2 Å². The average Bonchev–Trinajstić information content (AvgIpc) is 3.54. The zero-order valence-electron chi connectivity index (χ0n) is 21.6. The molecule has 2 fully saturated rings. The van der Waals surface area contributed by atoms with Crippen molar-refractivity contribution in [1.82, 2.24) is 4.31 Å². The van der Waals surface area contributed by atoms with Crippen LogP contribution in [0.2, 0.25) is 5.02 Å². The molecule has 208 valence electrons. The summed E-state index contributed by atoms with van der Waals surface area (Å²) in [6.45, 7) is 4.71. The van der Waals surface area contributed by atoms with E-state index in [0.29, 0.717) is 31.2 Å². The maximum absolute atomic E-state index is 13.4. The second kappa shape index (κ2) is 9.77. The number of benzene rings is 1. The van der Waals surface area contributed by atoms with Gasteiger partial charge in [0.05, 0.1) is 34.9 Å². The molecular weight excluding hydrogens is 550 g/mol. The number of aliphatic carboxylic acids is 1. The molecule has 3 heterocycles. The van der Waals surface area contributed by atoms with Crippen molar-refractivity contribution >= 4 is 44.7 Å². The average molecular weight is 578 g/mol. The van der Waals surface area contributed by atoms with Gasteiger partial charge in [0.2, 0.25) is 10.0 Å². The molecule has 0 saturated carbocycles. The smallest absolute Gasteiger partial charge is 0.322 e. The van der Waals surface area contributed by atoms with Gasteiger partial charge in [0.25, 0.3) is 10.9 Å². The van der Waals surface area contributed by atoms with Crippen molar-refractivity contribution in [2.45, 2.75) is 43.7 Å². The van der Waals surface area contributed by atoms with E-state index < -0.39 is 44.3 Å². The summed E-state index contributed by atoms with van der Waals surface area (Å²) in [5.41, 5.74) is -1.61. The lowest BCUT2D eigenvalue weighted by Crippen LogP contribution is -2.49. The van der Waals surface area contributed by atoms with Crippen LogP contribution in [0.4, 0.5) is 17.1 Å². The van der Waals surface area contributed by atoms with Crippen LogP contribution in [0.5, 0.6) is 0 Å². The van der Waals surface area contributed by atoms with Gasteiger partial charge in [0, 0.05) is 19.0 Å². The van der Waals surface area contributed by atoms with E-state index in [2.05, 4.69) is 5.32 Å². The lowest BCUT2D eigenvalue weighted by Gasteiger charge is -2.44. The highest BCUT2D eigenvalue weighted by Gasteiger charge is 2.45. The van der Waals surface area contributed by atoms with Gasteiger partial charge in [-0.3, -0.25) is 14.4 Å². The molecule has 3 aromatic rings. The van der Waals surface area contributed by atoms with Crippen LogP contribution in [0.3, 0.4) is 0 Å². The van der Waals surface area contributed by atoms with E-state index in [-0.39, 0.29) is 39.9 Å². The standard InChI is InChI=1S/C26H28ClN3O8S/c1-14-6-9-19(38-14)24(26(2)12-37-13-26)28-20-21(23(32)22(20)31)29(3)18-11-15(7-8-16(18)27)39(35,36)30-10-4-5-17(30)25(33)34/h6-9,11,17,24,28H,4-5,10,12-13H2,1-3H3,(H,33,34)/t17-,24?/m0/s1. The van der Waals surface area contributed by atoms with Crippen molar-refractivity contribution in [2.24, 2.45) is 5.41 Å². The van der Waals surface area contributed by atoms with Crippen molar-refractivity contribution in [1.29, 1.82) is 0 Å². The Morgan fingerprint density at radius 2 is 1.95 bits per heavy atom. The van der Waals surface area contributed by atoms with Gasteiger partial charge in [-0.05, 0) is 50.1 Å². The third kappa shape index (κ3) is 4.54. The molecule has 2 N–H and O–H groups in total. The van der Waals surface area contributed by atoms with E-state index in [1.807, 2.05) is 13.0 Å². The predicted molar refractivity (Wildman–Crippen MR) is 144 cm³/mol. The number of rotatable bonds is 9. The number of hydrogen-bond donors (Lipinski definition) is 2. The van der Waals surface area contributed by atoms with E-state index in [1.165, 1.54) is 30.1 Å². The molecule has 0 radical (unpaired) electrons. The Balaban J connectivity index is 1.50. The van der Waals surface area contributed by atoms with E-state index in [0.717, 1.165) is 4.31 Å². The minimum atomic E-state index is -4.17. The highest BCUT2D eigenvalue weighted by atomic mass is 35.5. The van der Waals surface area contributed by atoms with E-state index >= 15 is 0 Å². The number of carbonyl (C=O) groups is 1. The van der Waals surface area contributed by atoms with Gasteiger partial charge in [-0.2, -0.15) is 4.31 Å². The number of carboxylic acid groups (broad SMARTS) is 1. The molecule has 2 aliphatic rings. The number of hydrogen-bond acceptors (Lipinski definition) is 9. The molecule has 1 aromatic heterocycles. The maximum atomic E-state index is 13.4. The largest absolute Gasteiger partial charge is 0.480 e. The molecule has 1 unspecified atom stereocenters. The first-order chi connectivity index (χ1) is 18.3. The van der Waals surface area contributed by atoms with Crippen molar-refractivity contribution < 1.29 is 27.5 Å². The molecule has 0 bridgehead atoms. The van der Waals surface area contributed by atoms with Crippen LogP contribution in [0, 0.1) is 12.3 Å². The van der Waals surface area contributed by atoms with Crippen LogP contribution in [0.25, 0.3) is 0 Å². The van der Waals surface area contributed by atoms with Gasteiger partial charge < -0.3 is 24.5 Å². The summed E-state index contributed by atoms with van der Waals surface area (Å²) in [5.74, 6) is 0.0642. The third-order valence-electron chi connectivity index (χ3n) is 7.49. The van der Waals surface area contributed by atoms with E-state index in [4.69, 9.17) is 20.8 Å². The fourth-order valence-electron chi connectivity index (χ4n) is 5.21. The number of nitrogens with one attached hydrogen (secondary N) is 1. The second-order valence-corrected chi connectivity index (χ2v) is 12.6. The minimum absolute atomic E-state index is 0.0261. The number of halogens is 1. The molecule has 13 heteroatoms. The Bertz CT molecular complexity index is 1620. The van der Waals surface area contributed by atoms with E-state index in [1.54, 1.807) is 13.0 Å². The SMILES string of the molecule is Cc1ccc(C(Nc2c(N(C)c3cc(S(=O)(=O)N4CCC[C@H]4C(=O)O)ccc3Cl)c(=O)c2=O)C2(C)COC2)o1. The van der Waals surface area contributed by atoms with Gasteiger partial charge in [-0.15, -0.1) is 0 Å². The number of anilines is 3. The molecule has 5 rings (SSSR count). The zero-order chi connectivity index (χ0) is 28.3. The maximum Gasteiger partial charge on any atom is 0.322 e. The summed E-state index contributed by atoms with van der Waals surface area (Å²) in [6, 6.07) is 5.93. The number of furan rings is 1. The van der Waals surface area contributed by atoms with E-state index in [9.17, 15) is 27.9 Å². The minimum Gasteiger partial charge on any atom is -0.480 e. The Hall–Kier alpha value is -3.19. The summed E-state index contributed by atoms with van der Waals surface area (Å²) in [6.07, 6.45) is 0.642. The lowest BCUT2D eigenvalue weighted by atomic mass is 9.79. The molecule has 2 aromatic carbocycles. The Kier molecular flexibility index (Phi) is 6.86. The van der Waals surface area contributed by atoms with Crippen LogP contribution >= 0.6 is 11.6 Å². The highest BCUT2D eigenvalue weighted by Crippen LogP contribution is 2.44. The normalized spacial score (nSPS) is 20.1. The number of ether oxygens (including phenoxy) is 1. The lowest BCUT2D eigenvalue weighted by molar-refractivity contribution is -0.140. The van der Waals surface area contributed by atoms with Gasteiger partial charge in [0.1, 0.15) is 28.9 Å². The van der Waals surface area contributed by atoms with Crippen molar-refractivity contribution in [3.63, 3.8) is 0 Å². The predicted octanol–water partition coefficient (Wildman–Crippen LogP) is 3.03. The molecule has 0 aliphatic carbocycles. The van der Waals surface area contributed by atoms with Crippen molar-refractivity contribution in [2.75, 3.05) is 37.0 Å². The zero-order valence-corrected chi connectivity index (χ0v) is 23.1. The first-order valence-electron chi connectivity index (χ1n) is 12.4. The first-order valence-corrected chi connectivity index (χ1v) is 14.2. The van der Waals surface area contributed by atoms with Crippen LogP contribution in [0.1, 0.15) is 37.3 Å². The molecule has 2 aliphatic heterocycles. The van der Waals surface area contributed by atoms with Gasteiger partial charge in [0.15, 0.2) is 0 Å². The Labute approximate surface area is 229 Å². The van der Waals surface area contributed by atoms with Gasteiger partial charge in [-0.1, -0.05) is 18.5 Å². The van der Waals surface area contributed by atoms with Gasteiger partial charge >= 0.3 is 5.97 Å². The monoisotopic (exact) mass is 577 g/mol. The summed E-state index contributed by atoms with van der Waals surface area (Å²) in [4.78, 5) is 38.4. The molecule has 2 atom stereocenters. The van der Waals surface area contributed by atoms with Crippen LogP contribution in [-0.2, 0) is 19.6 Å². The number of nitrogens with zero attached hydrogens (tertiary/aromatic N) is 2. The van der Waals surface area contributed by atoms with Crippen molar-refractivity contribution in [3.8, 4) is 0 Å². The molecule has 39 heavy (non-hydrogen) atoms. The fraction of sp³-hybridized carbons (Fsp3) is 0.423. The molecular formula is C26H28ClN3O8S. The van der Waals surface area contributed by atoms with Crippen LogP contribution < -0.4 is 21.1 Å². The summed E-state index contributed by atoms with van der Waals surface area (Å²) in [7, 11) is -2.66. The molecule has 0 amide bonds.